The van der Waals surface area contributed by atoms with Gasteiger partial charge in [0.2, 0.25) is 0 Å². The number of allylic oxidation sites excluding steroid dienone is 1. The van der Waals surface area contributed by atoms with Crippen molar-refractivity contribution in [2.24, 2.45) is 4.99 Å². The lowest BCUT2D eigenvalue weighted by molar-refractivity contribution is -0.139. The van der Waals surface area contributed by atoms with Gasteiger partial charge in [-0.05, 0) is 37.4 Å². The van der Waals surface area contributed by atoms with Gasteiger partial charge >= 0.3 is 5.97 Å². The fraction of sp³-hybridized carbons (Fsp3) is 0.240. The summed E-state index contributed by atoms with van der Waals surface area (Å²) in [4.78, 5) is 32.5. The number of fused-ring (bicyclic) bond motifs is 1. The molecule has 1 aromatic carbocycles. The van der Waals surface area contributed by atoms with Crippen molar-refractivity contribution in [2.45, 2.75) is 19.9 Å². The molecule has 3 heterocycles. The number of hydrogen-bond donors (Lipinski definition) is 0. The predicted octanol–water partition coefficient (Wildman–Crippen LogP) is 3.43. The second-order valence-corrected chi connectivity index (χ2v) is 9.28. The van der Waals surface area contributed by atoms with Gasteiger partial charge in [0.15, 0.2) is 16.3 Å². The minimum absolute atomic E-state index is 0.237. The molecule has 1 aliphatic heterocycles. The van der Waals surface area contributed by atoms with Crippen LogP contribution in [-0.4, -0.2) is 30.9 Å². The fourth-order valence-corrected chi connectivity index (χ4v) is 5.61. The molecule has 2 aromatic heterocycles. The number of carbonyl (C=O) groups is 1. The topological polar surface area (TPSA) is 79.1 Å². The first kappa shape index (κ1) is 23.7. The van der Waals surface area contributed by atoms with E-state index in [1.165, 1.54) is 22.7 Å². The maximum Gasteiger partial charge on any atom is 0.338 e. The van der Waals surface area contributed by atoms with E-state index in [0.717, 1.165) is 4.88 Å². The molecular formula is C25H24N2O5S2. The molecule has 3 aromatic rings. The average molecular weight is 497 g/mol. The van der Waals surface area contributed by atoms with Crippen LogP contribution < -0.4 is 24.4 Å². The summed E-state index contributed by atoms with van der Waals surface area (Å²) < 4.78 is 18.6. The Bertz CT molecular complexity index is 1430. The summed E-state index contributed by atoms with van der Waals surface area (Å²) in [7, 11) is 1.56. The second kappa shape index (κ2) is 10.2. The van der Waals surface area contributed by atoms with Crippen LogP contribution in [0.1, 0.15) is 30.3 Å². The van der Waals surface area contributed by atoms with Crippen molar-refractivity contribution in [1.29, 1.82) is 0 Å². The van der Waals surface area contributed by atoms with E-state index < -0.39 is 12.0 Å². The number of nitrogens with zero attached hydrogens (tertiary/aromatic N) is 2. The first-order chi connectivity index (χ1) is 16.5. The molecule has 1 atom stereocenters. The first-order valence-corrected chi connectivity index (χ1v) is 12.3. The summed E-state index contributed by atoms with van der Waals surface area (Å²) in [5.74, 6) is 0.610. The number of methoxy groups -OCH3 is 1. The molecule has 176 valence electrons. The smallest absolute Gasteiger partial charge is 0.338 e. The average Bonchev–Trinajstić information content (AvgIpc) is 3.46. The van der Waals surface area contributed by atoms with Crippen molar-refractivity contribution in [3.63, 3.8) is 0 Å². The Morgan fingerprint density at radius 2 is 2.12 bits per heavy atom. The van der Waals surface area contributed by atoms with Crippen LogP contribution in [0.15, 0.2) is 69.4 Å². The highest BCUT2D eigenvalue weighted by molar-refractivity contribution is 7.10. The predicted molar refractivity (Wildman–Crippen MR) is 133 cm³/mol. The molecule has 34 heavy (non-hydrogen) atoms. The minimum Gasteiger partial charge on any atom is -0.493 e. The second-order valence-electron chi connectivity index (χ2n) is 7.30. The summed E-state index contributed by atoms with van der Waals surface area (Å²) in [5.41, 5.74) is 1.37. The van der Waals surface area contributed by atoms with Crippen LogP contribution in [0.2, 0.25) is 0 Å². The lowest BCUT2D eigenvalue weighted by Crippen LogP contribution is -2.39. The fourth-order valence-electron chi connectivity index (χ4n) is 3.75. The van der Waals surface area contributed by atoms with Crippen LogP contribution in [0.3, 0.4) is 0 Å². The summed E-state index contributed by atoms with van der Waals surface area (Å²) in [6.45, 7) is 7.75. The molecule has 0 N–H and O–H groups in total. The van der Waals surface area contributed by atoms with Gasteiger partial charge in [-0.25, -0.2) is 9.79 Å². The molecule has 0 saturated heterocycles. The number of benzene rings is 1. The third-order valence-electron chi connectivity index (χ3n) is 5.19. The minimum atomic E-state index is -0.598. The number of rotatable bonds is 8. The van der Waals surface area contributed by atoms with E-state index in [0.29, 0.717) is 44.3 Å². The summed E-state index contributed by atoms with van der Waals surface area (Å²) >= 11 is 2.74. The Labute approximate surface area is 204 Å². The van der Waals surface area contributed by atoms with Gasteiger partial charge in [0, 0.05) is 10.4 Å². The summed E-state index contributed by atoms with van der Waals surface area (Å²) in [5, 5.41) is 1.92. The zero-order chi connectivity index (χ0) is 24.2. The first-order valence-electron chi connectivity index (χ1n) is 10.6. The largest absolute Gasteiger partial charge is 0.493 e. The van der Waals surface area contributed by atoms with Crippen molar-refractivity contribution in [3.8, 4) is 11.5 Å². The van der Waals surface area contributed by atoms with E-state index in [1.54, 1.807) is 43.7 Å². The lowest BCUT2D eigenvalue weighted by Gasteiger charge is -2.23. The van der Waals surface area contributed by atoms with Crippen molar-refractivity contribution >= 4 is 34.7 Å². The van der Waals surface area contributed by atoms with Gasteiger partial charge in [0.05, 0.1) is 29.5 Å². The molecule has 4 rings (SSSR count). The number of thiophene rings is 1. The number of hydrogen-bond acceptors (Lipinski definition) is 8. The molecule has 0 unspecified atom stereocenters. The van der Waals surface area contributed by atoms with Crippen LogP contribution in [0.4, 0.5) is 0 Å². The molecule has 7 nitrogen and oxygen atoms in total. The summed E-state index contributed by atoms with van der Waals surface area (Å²) in [6.07, 6.45) is 3.41. The number of para-hydroxylation sites is 1. The molecule has 9 heteroatoms. The monoisotopic (exact) mass is 496 g/mol. The molecule has 1 aliphatic rings. The molecular weight excluding hydrogens is 472 g/mol. The number of thiazole rings is 1. The molecule has 0 radical (unpaired) electrons. The van der Waals surface area contributed by atoms with E-state index in [9.17, 15) is 9.59 Å². The number of aromatic nitrogens is 1. The maximum atomic E-state index is 13.7. The molecule has 0 spiro atoms. The van der Waals surface area contributed by atoms with E-state index >= 15 is 0 Å². The Hall–Kier alpha value is -3.43. The van der Waals surface area contributed by atoms with Gasteiger partial charge in [-0.15, -0.1) is 11.3 Å². The zero-order valence-electron chi connectivity index (χ0n) is 19.1. The third-order valence-corrected chi connectivity index (χ3v) is 7.10. The van der Waals surface area contributed by atoms with E-state index in [1.807, 2.05) is 29.6 Å². The maximum absolute atomic E-state index is 13.7. The van der Waals surface area contributed by atoms with Crippen LogP contribution in [0.5, 0.6) is 11.5 Å². The third kappa shape index (κ3) is 4.36. The standard InChI is InChI=1S/C25H24N2O5S2/c1-5-12-32-22-16(9-7-10-17(22)30-4)14-19-23(28)27-21(18-11-8-13-33-18)20(24(29)31-6-2)15(3)26-25(27)34-19/h5,7-11,13-14,21H,1,6,12H2,2-4H3/b19-14-/t21-/m0/s1. The van der Waals surface area contributed by atoms with Crippen molar-refractivity contribution in [2.75, 3.05) is 20.3 Å². The van der Waals surface area contributed by atoms with Gasteiger partial charge in [-0.1, -0.05) is 42.2 Å². The molecule has 0 aliphatic carbocycles. The number of ether oxygens (including phenoxy) is 3. The van der Waals surface area contributed by atoms with Crippen molar-refractivity contribution in [3.05, 3.63) is 89.8 Å². The molecule has 0 bridgehead atoms. The Morgan fingerprint density at radius 3 is 2.79 bits per heavy atom. The van der Waals surface area contributed by atoms with Gasteiger partial charge in [-0.3, -0.25) is 9.36 Å². The van der Waals surface area contributed by atoms with Crippen LogP contribution in [0, 0.1) is 0 Å². The van der Waals surface area contributed by atoms with E-state index in [4.69, 9.17) is 14.2 Å². The number of carbonyl (C=O) groups excluding carboxylic acids is 1. The quantitative estimate of drug-likeness (QED) is 0.353. The number of esters is 1. The SMILES string of the molecule is C=CCOc1c(/C=c2\sc3n(c2=O)[C@@H](c2cccs2)C(C(=O)OCC)=C(C)N=3)cccc1OC. The molecule has 0 fully saturated rings. The van der Waals surface area contributed by atoms with Crippen molar-refractivity contribution < 1.29 is 19.0 Å². The Balaban J connectivity index is 1.92. The zero-order valence-corrected chi connectivity index (χ0v) is 20.7. The highest BCUT2D eigenvalue weighted by Crippen LogP contribution is 2.34. The van der Waals surface area contributed by atoms with E-state index in [-0.39, 0.29) is 12.2 Å². The van der Waals surface area contributed by atoms with Crippen molar-refractivity contribution in [1.82, 2.24) is 4.57 Å². The van der Waals surface area contributed by atoms with E-state index in [2.05, 4.69) is 11.6 Å². The van der Waals surface area contributed by atoms with Gasteiger partial charge in [0.1, 0.15) is 12.6 Å². The molecule has 0 saturated carbocycles. The van der Waals surface area contributed by atoms with Crippen LogP contribution in [-0.2, 0) is 9.53 Å². The molecule has 0 amide bonds. The van der Waals surface area contributed by atoms with Gasteiger partial charge in [-0.2, -0.15) is 0 Å². The lowest BCUT2D eigenvalue weighted by atomic mass is 10.0. The Kier molecular flexibility index (Phi) is 7.14. The summed E-state index contributed by atoms with van der Waals surface area (Å²) in [6, 6.07) is 8.69. The normalized spacial score (nSPS) is 15.5. The highest BCUT2D eigenvalue weighted by atomic mass is 32.1. The Morgan fingerprint density at radius 1 is 1.29 bits per heavy atom. The highest BCUT2D eigenvalue weighted by Gasteiger charge is 2.33. The van der Waals surface area contributed by atoms with Gasteiger partial charge in [0.25, 0.3) is 5.56 Å². The van der Waals surface area contributed by atoms with Crippen LogP contribution in [0.25, 0.3) is 6.08 Å². The van der Waals surface area contributed by atoms with Crippen LogP contribution >= 0.6 is 22.7 Å². The van der Waals surface area contributed by atoms with Gasteiger partial charge < -0.3 is 14.2 Å².